The van der Waals surface area contributed by atoms with E-state index in [-0.39, 0.29) is 0 Å². The van der Waals surface area contributed by atoms with E-state index in [1.807, 2.05) is 13.0 Å². The fourth-order valence-electron chi connectivity index (χ4n) is 2.74. The monoisotopic (exact) mass is 287 g/mol. The first-order valence-electron chi connectivity index (χ1n) is 7.64. The van der Waals surface area contributed by atoms with Crippen molar-refractivity contribution in [1.82, 2.24) is 15.3 Å². The third-order valence-corrected chi connectivity index (χ3v) is 3.76. The van der Waals surface area contributed by atoms with E-state index in [2.05, 4.69) is 43.0 Å². The van der Waals surface area contributed by atoms with E-state index in [0.717, 1.165) is 42.2 Å². The van der Waals surface area contributed by atoms with Crippen LogP contribution in [0.1, 0.15) is 48.7 Å². The lowest BCUT2D eigenvalue weighted by atomic mass is 9.98. The number of hydrogen-bond acceptors (Lipinski definition) is 4. The van der Waals surface area contributed by atoms with E-state index in [0.29, 0.717) is 11.7 Å². The van der Waals surface area contributed by atoms with Gasteiger partial charge in [-0.1, -0.05) is 13.8 Å². The fraction of sp³-hybridized carbons (Fsp3) is 0.529. The van der Waals surface area contributed by atoms with E-state index < -0.39 is 0 Å². The van der Waals surface area contributed by atoms with Crippen LogP contribution in [0.3, 0.4) is 0 Å². The molecule has 0 saturated carbocycles. The average molecular weight is 287 g/mol. The summed E-state index contributed by atoms with van der Waals surface area (Å²) in [6.45, 7) is 12.5. The lowest BCUT2D eigenvalue weighted by Gasteiger charge is -2.17. The van der Waals surface area contributed by atoms with E-state index in [9.17, 15) is 0 Å². The largest absolute Gasteiger partial charge is 0.461 e. The van der Waals surface area contributed by atoms with Gasteiger partial charge in [0.15, 0.2) is 11.6 Å². The Balaban J connectivity index is 2.27. The molecule has 114 valence electrons. The van der Waals surface area contributed by atoms with Crippen molar-refractivity contribution in [2.24, 2.45) is 0 Å². The van der Waals surface area contributed by atoms with Crippen LogP contribution in [0.15, 0.2) is 16.7 Å². The third kappa shape index (κ3) is 3.50. The minimum atomic E-state index is 0.406. The predicted molar refractivity (Wildman–Crippen MR) is 85.5 cm³/mol. The van der Waals surface area contributed by atoms with Crippen molar-refractivity contribution in [3.05, 3.63) is 34.8 Å². The summed E-state index contributed by atoms with van der Waals surface area (Å²) in [5.74, 6) is 1.86. The van der Waals surface area contributed by atoms with Gasteiger partial charge >= 0.3 is 0 Å². The molecule has 0 aliphatic rings. The molecule has 0 spiro atoms. The minimum absolute atomic E-state index is 0.406. The van der Waals surface area contributed by atoms with E-state index in [4.69, 9.17) is 4.42 Å². The Bertz CT molecular complexity index is 581. The quantitative estimate of drug-likeness (QED) is 0.822. The average Bonchev–Trinajstić information content (AvgIpc) is 2.84. The van der Waals surface area contributed by atoms with Crippen LogP contribution >= 0.6 is 0 Å². The maximum absolute atomic E-state index is 5.50. The minimum Gasteiger partial charge on any atom is -0.461 e. The molecule has 0 saturated heterocycles. The Morgan fingerprint density at radius 2 is 1.86 bits per heavy atom. The molecule has 0 radical (unpaired) electrons. The molecule has 2 rings (SSSR count). The topological polar surface area (TPSA) is 51.0 Å². The highest BCUT2D eigenvalue weighted by molar-refractivity contribution is 5.53. The van der Waals surface area contributed by atoms with E-state index >= 15 is 0 Å². The normalized spacial score (nSPS) is 12.6. The van der Waals surface area contributed by atoms with Crippen molar-refractivity contribution in [3.8, 4) is 11.6 Å². The van der Waals surface area contributed by atoms with Crippen molar-refractivity contribution >= 4 is 0 Å². The van der Waals surface area contributed by atoms with Gasteiger partial charge in [-0.25, -0.2) is 9.97 Å². The van der Waals surface area contributed by atoms with Crippen LogP contribution in [0.4, 0.5) is 0 Å². The molecule has 0 fully saturated rings. The first-order chi connectivity index (χ1) is 10.0. The summed E-state index contributed by atoms with van der Waals surface area (Å²) in [4.78, 5) is 9.31. The Morgan fingerprint density at radius 3 is 2.38 bits per heavy atom. The molecule has 4 nitrogen and oxygen atoms in total. The zero-order valence-electron chi connectivity index (χ0n) is 13.7. The standard InChI is InChI=1S/C17H25N3O/c1-6-8-18-10-12(3)15-13(4)19-17(20-14(15)5)16-11(2)7-9-21-16/h7,9,12,18H,6,8,10H2,1-5H3. The zero-order chi connectivity index (χ0) is 15.4. The molecule has 1 N–H and O–H groups in total. The molecule has 4 heteroatoms. The van der Waals surface area contributed by atoms with E-state index in [1.54, 1.807) is 6.26 Å². The zero-order valence-corrected chi connectivity index (χ0v) is 13.7. The number of nitrogens with zero attached hydrogens (tertiary/aromatic N) is 2. The third-order valence-electron chi connectivity index (χ3n) is 3.76. The number of furan rings is 1. The van der Waals surface area contributed by atoms with Crippen molar-refractivity contribution in [2.75, 3.05) is 13.1 Å². The number of aromatic nitrogens is 2. The molecule has 1 unspecified atom stereocenters. The number of hydrogen-bond donors (Lipinski definition) is 1. The highest BCUT2D eigenvalue weighted by Gasteiger charge is 2.17. The summed E-state index contributed by atoms with van der Waals surface area (Å²) in [7, 11) is 0. The lowest BCUT2D eigenvalue weighted by molar-refractivity contribution is 0.572. The first-order valence-corrected chi connectivity index (χ1v) is 7.64. The second kappa shape index (κ2) is 6.85. The molecular weight excluding hydrogens is 262 g/mol. The molecule has 0 amide bonds. The highest BCUT2D eigenvalue weighted by atomic mass is 16.3. The molecule has 2 aromatic rings. The summed E-state index contributed by atoms with van der Waals surface area (Å²) >= 11 is 0. The predicted octanol–water partition coefficient (Wildman–Crippen LogP) is 3.76. The van der Waals surface area contributed by atoms with Crippen LogP contribution in [-0.4, -0.2) is 23.1 Å². The molecule has 0 aliphatic heterocycles. The van der Waals surface area contributed by atoms with Crippen LogP contribution in [0.25, 0.3) is 11.6 Å². The molecule has 2 aromatic heterocycles. The van der Waals surface area contributed by atoms with Gasteiger partial charge < -0.3 is 9.73 Å². The Kier molecular flexibility index (Phi) is 5.12. The molecule has 0 aliphatic carbocycles. The Labute approximate surface area is 127 Å². The van der Waals surface area contributed by atoms with Crippen molar-refractivity contribution in [1.29, 1.82) is 0 Å². The van der Waals surface area contributed by atoms with Gasteiger partial charge in [-0.15, -0.1) is 0 Å². The maximum Gasteiger partial charge on any atom is 0.196 e. The number of nitrogens with one attached hydrogen (secondary N) is 1. The molecule has 1 atom stereocenters. The van der Waals surface area contributed by atoms with Gasteiger partial charge in [0.1, 0.15) is 0 Å². The summed E-state index contributed by atoms with van der Waals surface area (Å²) in [5, 5.41) is 3.46. The van der Waals surface area contributed by atoms with Gasteiger partial charge in [-0.05, 0) is 56.8 Å². The van der Waals surface area contributed by atoms with Gasteiger partial charge in [0, 0.05) is 17.9 Å². The van der Waals surface area contributed by atoms with Crippen LogP contribution in [0.2, 0.25) is 0 Å². The van der Waals surface area contributed by atoms with Gasteiger partial charge in [-0.2, -0.15) is 0 Å². The maximum atomic E-state index is 5.50. The van der Waals surface area contributed by atoms with Gasteiger partial charge in [0.2, 0.25) is 0 Å². The SMILES string of the molecule is CCCNCC(C)c1c(C)nc(-c2occc2C)nc1C. The molecule has 2 heterocycles. The van der Waals surface area contributed by atoms with Gasteiger partial charge in [0.05, 0.1) is 6.26 Å². The molecule has 0 bridgehead atoms. The van der Waals surface area contributed by atoms with Crippen molar-refractivity contribution < 1.29 is 4.42 Å². The van der Waals surface area contributed by atoms with Crippen LogP contribution in [-0.2, 0) is 0 Å². The first kappa shape index (κ1) is 15.7. The van der Waals surface area contributed by atoms with Gasteiger partial charge in [-0.3, -0.25) is 0 Å². The highest BCUT2D eigenvalue weighted by Crippen LogP contribution is 2.26. The molecule has 0 aromatic carbocycles. The van der Waals surface area contributed by atoms with Crippen LogP contribution < -0.4 is 5.32 Å². The van der Waals surface area contributed by atoms with Crippen molar-refractivity contribution in [3.63, 3.8) is 0 Å². The molecular formula is C17H25N3O. The fourth-order valence-corrected chi connectivity index (χ4v) is 2.74. The summed E-state index contributed by atoms with van der Waals surface area (Å²) in [5.41, 5.74) is 4.39. The molecule has 21 heavy (non-hydrogen) atoms. The number of rotatable bonds is 6. The van der Waals surface area contributed by atoms with Crippen molar-refractivity contribution in [2.45, 2.75) is 47.0 Å². The summed E-state index contributed by atoms with van der Waals surface area (Å²) < 4.78 is 5.50. The lowest BCUT2D eigenvalue weighted by Crippen LogP contribution is -2.22. The second-order valence-electron chi connectivity index (χ2n) is 5.67. The van der Waals surface area contributed by atoms with E-state index in [1.165, 1.54) is 5.56 Å². The van der Waals surface area contributed by atoms with Crippen LogP contribution in [0.5, 0.6) is 0 Å². The smallest absolute Gasteiger partial charge is 0.196 e. The Hall–Kier alpha value is -1.68. The number of aryl methyl sites for hydroxylation is 3. The summed E-state index contributed by atoms with van der Waals surface area (Å²) in [6, 6.07) is 1.94. The summed E-state index contributed by atoms with van der Waals surface area (Å²) in [6.07, 6.45) is 2.84. The second-order valence-corrected chi connectivity index (χ2v) is 5.67. The van der Waals surface area contributed by atoms with Crippen LogP contribution in [0, 0.1) is 20.8 Å². The van der Waals surface area contributed by atoms with Gasteiger partial charge in [0.25, 0.3) is 0 Å². The Morgan fingerprint density at radius 1 is 1.19 bits per heavy atom.